The Kier molecular flexibility index (Phi) is 2.55. The van der Waals surface area contributed by atoms with E-state index >= 15 is 0 Å². The van der Waals surface area contributed by atoms with Gasteiger partial charge >= 0.3 is 0 Å². The minimum atomic E-state index is -0.108. The maximum absolute atomic E-state index is 13.0. The fraction of sp³-hybridized carbons (Fsp3) is 0.500. The van der Waals surface area contributed by atoms with Crippen LogP contribution in [0.3, 0.4) is 0 Å². The van der Waals surface area contributed by atoms with Crippen LogP contribution in [0.5, 0.6) is 0 Å². The van der Waals surface area contributed by atoms with Crippen molar-refractivity contribution >= 4 is 0 Å². The van der Waals surface area contributed by atoms with Crippen LogP contribution in [-0.2, 0) is 6.42 Å². The van der Waals surface area contributed by atoms with Crippen molar-refractivity contribution in [1.29, 1.82) is 0 Å². The largest absolute Gasteiger partial charge is 0.299 e. The Morgan fingerprint density at radius 3 is 3.00 bits per heavy atom. The first kappa shape index (κ1) is 9.66. The topological polar surface area (TPSA) is 3.24 Å². The van der Waals surface area contributed by atoms with Crippen molar-refractivity contribution in [1.82, 2.24) is 4.90 Å². The summed E-state index contributed by atoms with van der Waals surface area (Å²) in [5.41, 5.74) is 2.50. The summed E-state index contributed by atoms with van der Waals surface area (Å²) in [7, 11) is 2.14. The number of hydrogen-bond acceptors (Lipinski definition) is 1. The van der Waals surface area contributed by atoms with Crippen LogP contribution >= 0.6 is 0 Å². The molecular formula is C12H16FN. The normalized spacial score (nSPS) is 22.1. The van der Waals surface area contributed by atoms with E-state index < -0.39 is 0 Å². The molecule has 0 N–H and O–H groups in total. The van der Waals surface area contributed by atoms with E-state index in [-0.39, 0.29) is 5.82 Å². The maximum atomic E-state index is 13.0. The van der Waals surface area contributed by atoms with E-state index in [9.17, 15) is 4.39 Å². The number of benzene rings is 1. The van der Waals surface area contributed by atoms with Crippen LogP contribution in [0.1, 0.15) is 30.5 Å². The van der Waals surface area contributed by atoms with Crippen LogP contribution in [0.15, 0.2) is 18.2 Å². The Morgan fingerprint density at radius 2 is 2.29 bits per heavy atom. The zero-order chi connectivity index (χ0) is 10.1. The molecule has 1 atom stereocenters. The molecule has 1 aromatic carbocycles. The highest BCUT2D eigenvalue weighted by molar-refractivity contribution is 5.32. The van der Waals surface area contributed by atoms with Crippen molar-refractivity contribution in [2.24, 2.45) is 0 Å². The summed E-state index contributed by atoms with van der Waals surface area (Å²) in [5.74, 6) is -0.108. The van der Waals surface area contributed by atoms with Gasteiger partial charge in [-0.15, -0.1) is 0 Å². The molecule has 14 heavy (non-hydrogen) atoms. The second kappa shape index (κ2) is 3.70. The molecule has 0 aromatic heterocycles. The monoisotopic (exact) mass is 193 g/mol. The molecule has 2 heteroatoms. The van der Waals surface area contributed by atoms with Gasteiger partial charge in [0.2, 0.25) is 0 Å². The van der Waals surface area contributed by atoms with Gasteiger partial charge in [-0.1, -0.05) is 13.0 Å². The standard InChI is InChI=1S/C12H16FN/c1-3-12-11-5-4-10(13)8-9(11)6-7-14(12)2/h4-5,8,12H,3,6-7H2,1-2H3. The molecule has 2 rings (SSSR count). The number of nitrogens with zero attached hydrogens (tertiary/aromatic N) is 1. The smallest absolute Gasteiger partial charge is 0.123 e. The second-order valence-corrected chi connectivity index (χ2v) is 4.00. The molecule has 0 radical (unpaired) electrons. The predicted octanol–water partition coefficient (Wildman–Crippen LogP) is 2.76. The van der Waals surface area contributed by atoms with Gasteiger partial charge in [0, 0.05) is 12.6 Å². The van der Waals surface area contributed by atoms with Crippen LogP contribution < -0.4 is 0 Å². The second-order valence-electron chi connectivity index (χ2n) is 4.00. The van der Waals surface area contributed by atoms with Gasteiger partial charge in [-0.25, -0.2) is 4.39 Å². The summed E-state index contributed by atoms with van der Waals surface area (Å²) >= 11 is 0. The van der Waals surface area contributed by atoms with Gasteiger partial charge in [0.25, 0.3) is 0 Å². The van der Waals surface area contributed by atoms with Gasteiger partial charge in [0.1, 0.15) is 5.82 Å². The van der Waals surface area contributed by atoms with Crippen LogP contribution in [0, 0.1) is 5.82 Å². The highest BCUT2D eigenvalue weighted by Gasteiger charge is 2.22. The third-order valence-corrected chi connectivity index (χ3v) is 3.12. The van der Waals surface area contributed by atoms with Crippen LogP contribution in [-0.4, -0.2) is 18.5 Å². The molecule has 1 heterocycles. The van der Waals surface area contributed by atoms with E-state index in [2.05, 4.69) is 18.9 Å². The minimum absolute atomic E-state index is 0.108. The zero-order valence-electron chi connectivity index (χ0n) is 8.76. The van der Waals surface area contributed by atoms with E-state index in [1.165, 1.54) is 11.1 Å². The number of rotatable bonds is 1. The van der Waals surface area contributed by atoms with Gasteiger partial charge in [-0.05, 0) is 43.1 Å². The third kappa shape index (κ3) is 1.55. The average molecular weight is 193 g/mol. The summed E-state index contributed by atoms with van der Waals surface area (Å²) in [4.78, 5) is 2.35. The van der Waals surface area contributed by atoms with Gasteiger partial charge in [-0.2, -0.15) is 0 Å². The van der Waals surface area contributed by atoms with E-state index in [0.29, 0.717) is 6.04 Å². The Labute approximate surface area is 84.5 Å². The van der Waals surface area contributed by atoms with Crippen molar-refractivity contribution in [3.8, 4) is 0 Å². The van der Waals surface area contributed by atoms with Crippen LogP contribution in [0.2, 0.25) is 0 Å². The summed E-state index contributed by atoms with van der Waals surface area (Å²) < 4.78 is 13.0. The molecular weight excluding hydrogens is 177 g/mol. The Bertz CT molecular complexity index is 335. The lowest BCUT2D eigenvalue weighted by molar-refractivity contribution is 0.225. The number of fused-ring (bicyclic) bond motifs is 1. The van der Waals surface area contributed by atoms with E-state index in [1.54, 1.807) is 12.1 Å². The van der Waals surface area contributed by atoms with E-state index in [0.717, 1.165) is 19.4 Å². The first-order valence-electron chi connectivity index (χ1n) is 5.21. The molecule has 1 aliphatic rings. The Balaban J connectivity index is 2.41. The Hall–Kier alpha value is -0.890. The van der Waals surface area contributed by atoms with Crippen molar-refractivity contribution in [3.63, 3.8) is 0 Å². The summed E-state index contributed by atoms with van der Waals surface area (Å²) in [6, 6.07) is 5.67. The molecule has 1 aliphatic heterocycles. The average Bonchev–Trinajstić information content (AvgIpc) is 2.18. The lowest BCUT2D eigenvalue weighted by Gasteiger charge is -2.33. The lowest BCUT2D eigenvalue weighted by Crippen LogP contribution is -2.31. The number of halogens is 1. The van der Waals surface area contributed by atoms with E-state index in [4.69, 9.17) is 0 Å². The number of hydrogen-bond donors (Lipinski definition) is 0. The fourth-order valence-electron chi connectivity index (χ4n) is 2.34. The van der Waals surface area contributed by atoms with Gasteiger partial charge in [0.05, 0.1) is 0 Å². The Morgan fingerprint density at radius 1 is 1.50 bits per heavy atom. The predicted molar refractivity (Wildman–Crippen MR) is 55.8 cm³/mol. The molecule has 0 fully saturated rings. The quantitative estimate of drug-likeness (QED) is 0.663. The van der Waals surface area contributed by atoms with E-state index in [1.807, 2.05) is 6.07 Å². The lowest BCUT2D eigenvalue weighted by atomic mass is 9.91. The first-order valence-corrected chi connectivity index (χ1v) is 5.21. The van der Waals surface area contributed by atoms with Crippen LogP contribution in [0.25, 0.3) is 0 Å². The molecule has 0 saturated heterocycles. The molecule has 0 bridgehead atoms. The van der Waals surface area contributed by atoms with Gasteiger partial charge in [-0.3, -0.25) is 4.90 Å². The summed E-state index contributed by atoms with van der Waals surface area (Å²) in [6.45, 7) is 3.22. The SMILES string of the molecule is CCC1c2ccc(F)cc2CCN1C. The molecule has 0 aliphatic carbocycles. The molecule has 1 unspecified atom stereocenters. The first-order chi connectivity index (χ1) is 6.72. The fourth-order valence-corrected chi connectivity index (χ4v) is 2.34. The summed E-state index contributed by atoms with van der Waals surface area (Å²) in [6.07, 6.45) is 2.06. The molecule has 0 spiro atoms. The minimum Gasteiger partial charge on any atom is -0.299 e. The maximum Gasteiger partial charge on any atom is 0.123 e. The molecule has 0 saturated carbocycles. The molecule has 76 valence electrons. The zero-order valence-corrected chi connectivity index (χ0v) is 8.76. The van der Waals surface area contributed by atoms with Gasteiger partial charge < -0.3 is 0 Å². The highest BCUT2D eigenvalue weighted by atomic mass is 19.1. The molecule has 0 amide bonds. The van der Waals surface area contributed by atoms with Crippen molar-refractivity contribution in [2.45, 2.75) is 25.8 Å². The highest BCUT2D eigenvalue weighted by Crippen LogP contribution is 2.30. The van der Waals surface area contributed by atoms with Crippen molar-refractivity contribution in [2.75, 3.05) is 13.6 Å². The van der Waals surface area contributed by atoms with Crippen molar-refractivity contribution in [3.05, 3.63) is 35.1 Å². The molecule has 1 nitrogen and oxygen atoms in total. The van der Waals surface area contributed by atoms with Crippen LogP contribution in [0.4, 0.5) is 4.39 Å². The van der Waals surface area contributed by atoms with Gasteiger partial charge in [0.15, 0.2) is 0 Å². The van der Waals surface area contributed by atoms with Crippen molar-refractivity contribution < 1.29 is 4.39 Å². The molecule has 1 aromatic rings. The number of likely N-dealkylation sites (N-methyl/N-ethyl adjacent to an activating group) is 1. The summed E-state index contributed by atoms with van der Waals surface area (Å²) in [5, 5.41) is 0. The third-order valence-electron chi connectivity index (χ3n) is 3.12.